The minimum Gasteiger partial charge on any atom is -0.412 e. The summed E-state index contributed by atoms with van der Waals surface area (Å²) in [4.78, 5) is 13.1. The van der Waals surface area contributed by atoms with E-state index in [-0.39, 0.29) is 24.4 Å². The number of amides is 1. The van der Waals surface area contributed by atoms with Crippen molar-refractivity contribution >= 4 is 5.91 Å². The standard InChI is InChI=1S/C48H91NO13.H2O/c1-3-5-7-9-11-13-15-17-18-20-22-24-26-28-30-32-40(53)49-36(37(52)31-29-27-25-23-21-19-16-14-12-10-8-6-4-2)35-59-47-45(58)43(56)46(39(34-51)61-47)62-48-44(57)42(55)41(54)38(33-50)60-48;/h29,31,36-39,41-48,50-52,54-58H,3-28,30,32-35H2,1-2H3,(H,49,53);1H2/b31-29+;/t36-,37+,38?,39?,41?,42?,43?,44?,45?,46?,47?,48?;/m0./s1. The van der Waals surface area contributed by atoms with Crippen LogP contribution in [0.5, 0.6) is 0 Å². The van der Waals surface area contributed by atoms with Crippen molar-refractivity contribution in [2.45, 2.75) is 267 Å². The monoisotopic (exact) mass is 908 g/mol. The lowest BCUT2D eigenvalue weighted by molar-refractivity contribution is -0.359. The number of hydrogen-bond donors (Lipinski definition) is 9. The minimum atomic E-state index is -1.78. The number of nitrogens with one attached hydrogen (secondary N) is 1. The van der Waals surface area contributed by atoms with Crippen molar-refractivity contribution in [1.82, 2.24) is 5.32 Å². The second kappa shape index (κ2) is 37.7. The zero-order valence-electron chi connectivity index (χ0n) is 39.1. The SMILES string of the molecule is CCCCCCCCCCCCC/C=C/[C@@H](O)[C@H](COC1OC(CO)C(OC2OC(CO)C(O)C(O)C2O)C(O)C1O)NC(=O)CCCCCCCCCCCCCCCCC.O. The van der Waals surface area contributed by atoms with E-state index in [1.165, 1.54) is 128 Å². The lowest BCUT2D eigenvalue weighted by Gasteiger charge is -2.46. The molecule has 374 valence electrons. The first-order valence-corrected chi connectivity index (χ1v) is 24.9. The first kappa shape index (κ1) is 59.7. The molecule has 0 aromatic heterocycles. The van der Waals surface area contributed by atoms with Crippen LogP contribution in [0.25, 0.3) is 0 Å². The van der Waals surface area contributed by atoms with E-state index in [0.717, 1.165) is 38.5 Å². The predicted molar refractivity (Wildman–Crippen MR) is 244 cm³/mol. The molecule has 0 bridgehead atoms. The Labute approximate surface area is 379 Å². The molecule has 63 heavy (non-hydrogen) atoms. The van der Waals surface area contributed by atoms with Crippen molar-refractivity contribution in [3.8, 4) is 0 Å². The van der Waals surface area contributed by atoms with Gasteiger partial charge in [-0.3, -0.25) is 4.79 Å². The molecular weight excluding hydrogens is 815 g/mol. The summed E-state index contributed by atoms with van der Waals surface area (Å²) in [5.74, 6) is -0.238. The highest BCUT2D eigenvalue weighted by Crippen LogP contribution is 2.30. The van der Waals surface area contributed by atoms with E-state index in [9.17, 15) is 45.6 Å². The Morgan fingerprint density at radius 1 is 0.571 bits per heavy atom. The summed E-state index contributed by atoms with van der Waals surface area (Å²) in [5, 5.41) is 86.6. The molecule has 12 atom stereocenters. The van der Waals surface area contributed by atoms with Crippen molar-refractivity contribution in [3.63, 3.8) is 0 Å². The van der Waals surface area contributed by atoms with Gasteiger partial charge >= 0.3 is 0 Å². The third-order valence-corrected chi connectivity index (χ3v) is 12.5. The first-order valence-electron chi connectivity index (χ1n) is 24.9. The molecular formula is C48H93NO14. The van der Waals surface area contributed by atoms with Crippen LogP contribution >= 0.6 is 0 Å². The molecule has 2 saturated heterocycles. The number of unbranched alkanes of at least 4 members (excludes halogenated alkanes) is 25. The van der Waals surface area contributed by atoms with Gasteiger partial charge in [0.15, 0.2) is 12.6 Å². The molecule has 2 heterocycles. The Balaban J connectivity index is 0.0000198. The molecule has 0 aromatic carbocycles. The zero-order valence-corrected chi connectivity index (χ0v) is 39.1. The molecule has 2 aliphatic rings. The number of carbonyl (C=O) groups excluding carboxylic acids is 1. The summed E-state index contributed by atoms with van der Waals surface area (Å²) >= 11 is 0. The third-order valence-electron chi connectivity index (χ3n) is 12.5. The Morgan fingerprint density at radius 3 is 1.48 bits per heavy atom. The molecule has 15 heteroatoms. The van der Waals surface area contributed by atoms with E-state index in [2.05, 4.69) is 19.2 Å². The van der Waals surface area contributed by atoms with E-state index in [1.807, 2.05) is 6.08 Å². The van der Waals surface area contributed by atoms with Crippen molar-refractivity contribution in [1.29, 1.82) is 0 Å². The first-order chi connectivity index (χ1) is 30.1. The van der Waals surface area contributed by atoms with Crippen molar-refractivity contribution in [2.24, 2.45) is 0 Å². The molecule has 2 aliphatic heterocycles. The third kappa shape index (κ3) is 24.9. The molecule has 0 aliphatic carbocycles. The molecule has 10 unspecified atom stereocenters. The molecule has 1 amide bonds. The van der Waals surface area contributed by atoms with Gasteiger partial charge in [0.25, 0.3) is 0 Å². The molecule has 0 radical (unpaired) electrons. The summed E-state index contributed by atoms with van der Waals surface area (Å²) in [7, 11) is 0. The van der Waals surface area contributed by atoms with Crippen LogP contribution in [0, 0.1) is 0 Å². The lowest BCUT2D eigenvalue weighted by Crippen LogP contribution is -2.65. The summed E-state index contributed by atoms with van der Waals surface area (Å²) in [5.41, 5.74) is 0. The smallest absolute Gasteiger partial charge is 0.220 e. The van der Waals surface area contributed by atoms with Gasteiger partial charge < -0.3 is 70.6 Å². The molecule has 0 saturated carbocycles. The number of hydrogen-bond acceptors (Lipinski definition) is 13. The Bertz CT molecular complexity index is 1100. The maximum Gasteiger partial charge on any atom is 0.220 e. The Kier molecular flexibility index (Phi) is 35.8. The van der Waals surface area contributed by atoms with Crippen LogP contribution in [0.15, 0.2) is 12.2 Å². The van der Waals surface area contributed by atoms with Crippen LogP contribution in [0.2, 0.25) is 0 Å². The maximum absolute atomic E-state index is 13.1. The average Bonchev–Trinajstić information content (AvgIpc) is 3.27. The Morgan fingerprint density at radius 2 is 1.00 bits per heavy atom. The second-order valence-corrected chi connectivity index (χ2v) is 18.0. The summed E-state index contributed by atoms with van der Waals surface area (Å²) in [6.07, 6.45) is 19.6. The number of aliphatic hydroxyl groups is 8. The van der Waals surface area contributed by atoms with Gasteiger partial charge in [-0.15, -0.1) is 0 Å². The average molecular weight is 908 g/mol. The highest BCUT2D eigenvalue weighted by Gasteiger charge is 2.51. The fraction of sp³-hybridized carbons (Fsp3) is 0.938. The van der Waals surface area contributed by atoms with E-state index >= 15 is 0 Å². The van der Waals surface area contributed by atoms with Crippen molar-refractivity contribution < 1.29 is 70.1 Å². The second-order valence-electron chi connectivity index (χ2n) is 18.0. The van der Waals surface area contributed by atoms with Gasteiger partial charge in [-0.25, -0.2) is 0 Å². The molecule has 0 aromatic rings. The van der Waals surface area contributed by atoms with Crippen LogP contribution in [0.4, 0.5) is 0 Å². The number of rotatable bonds is 38. The van der Waals surface area contributed by atoms with Crippen LogP contribution in [-0.4, -0.2) is 146 Å². The molecule has 0 spiro atoms. The highest BCUT2D eigenvalue weighted by atomic mass is 16.7. The van der Waals surface area contributed by atoms with E-state index in [1.54, 1.807) is 6.08 Å². The van der Waals surface area contributed by atoms with Crippen LogP contribution in [-0.2, 0) is 23.7 Å². The van der Waals surface area contributed by atoms with Gasteiger partial charge in [-0.1, -0.05) is 180 Å². The van der Waals surface area contributed by atoms with Gasteiger partial charge in [0, 0.05) is 6.42 Å². The van der Waals surface area contributed by atoms with Crippen LogP contribution in [0.3, 0.4) is 0 Å². The molecule has 2 rings (SSSR count). The lowest BCUT2D eigenvalue weighted by atomic mass is 9.97. The summed E-state index contributed by atoms with van der Waals surface area (Å²) < 4.78 is 22.7. The van der Waals surface area contributed by atoms with Gasteiger partial charge in [-0.05, 0) is 19.3 Å². The number of carbonyl (C=O) groups is 1. The minimum absolute atomic E-state index is 0. The van der Waals surface area contributed by atoms with Crippen molar-refractivity contribution in [2.75, 3.05) is 19.8 Å². The number of aliphatic hydroxyl groups excluding tert-OH is 8. The van der Waals surface area contributed by atoms with Crippen LogP contribution in [0.1, 0.15) is 194 Å². The largest absolute Gasteiger partial charge is 0.412 e. The topological polar surface area (TPSA) is 259 Å². The molecule has 2 fully saturated rings. The van der Waals surface area contributed by atoms with E-state index in [4.69, 9.17) is 18.9 Å². The van der Waals surface area contributed by atoms with Gasteiger partial charge in [0.1, 0.15) is 48.8 Å². The normalized spacial score (nSPS) is 27.3. The summed E-state index contributed by atoms with van der Waals surface area (Å²) in [6, 6.07) is -0.906. The summed E-state index contributed by atoms with van der Waals surface area (Å²) in [6.45, 7) is 2.78. The fourth-order valence-electron chi connectivity index (χ4n) is 8.35. The van der Waals surface area contributed by atoms with E-state index < -0.39 is 86.8 Å². The van der Waals surface area contributed by atoms with Crippen molar-refractivity contribution in [3.05, 3.63) is 12.2 Å². The molecule has 15 nitrogen and oxygen atoms in total. The van der Waals surface area contributed by atoms with Gasteiger partial charge in [0.05, 0.1) is 32.0 Å². The van der Waals surface area contributed by atoms with Gasteiger partial charge in [0.2, 0.25) is 5.91 Å². The Hall–Kier alpha value is -1.31. The quantitative estimate of drug-likeness (QED) is 0.0287. The number of allylic oxidation sites excluding steroid dienone is 1. The number of ether oxygens (including phenoxy) is 4. The van der Waals surface area contributed by atoms with Gasteiger partial charge in [-0.2, -0.15) is 0 Å². The predicted octanol–water partition coefficient (Wildman–Crippen LogP) is 5.17. The van der Waals surface area contributed by atoms with Crippen LogP contribution < -0.4 is 5.32 Å². The fourth-order valence-corrected chi connectivity index (χ4v) is 8.35. The maximum atomic E-state index is 13.1. The zero-order chi connectivity index (χ0) is 45.4. The molecule has 11 N–H and O–H groups in total. The highest BCUT2D eigenvalue weighted by molar-refractivity contribution is 5.76. The van der Waals surface area contributed by atoms with E-state index in [0.29, 0.717) is 6.42 Å².